The quantitative estimate of drug-likeness (QED) is 0.769. The van der Waals surface area contributed by atoms with Gasteiger partial charge in [-0.25, -0.2) is 9.69 Å². The maximum absolute atomic E-state index is 12.2. The smallest absolute Gasteiger partial charge is 0.417 e. The van der Waals surface area contributed by atoms with Gasteiger partial charge >= 0.3 is 6.09 Å². The highest BCUT2D eigenvalue weighted by Gasteiger charge is 2.35. The van der Waals surface area contributed by atoms with Gasteiger partial charge in [-0.1, -0.05) is 6.92 Å². The lowest BCUT2D eigenvalue weighted by atomic mass is 9.98. The Morgan fingerprint density at radius 1 is 1.50 bits per heavy atom. The molecule has 1 unspecified atom stereocenters. The van der Waals surface area contributed by atoms with Gasteiger partial charge in [-0.05, 0) is 26.8 Å². The van der Waals surface area contributed by atoms with Gasteiger partial charge in [0, 0.05) is 24.4 Å². The highest BCUT2D eigenvalue weighted by molar-refractivity contribution is 6.04. The van der Waals surface area contributed by atoms with Gasteiger partial charge in [0.15, 0.2) is 0 Å². The number of hydrogen-bond donors (Lipinski definition) is 1. The zero-order valence-corrected chi connectivity index (χ0v) is 11.1. The molecule has 2 amide bonds. The van der Waals surface area contributed by atoms with Crippen LogP contribution in [-0.4, -0.2) is 34.0 Å². The Morgan fingerprint density at radius 2 is 2.17 bits per heavy atom. The molecule has 0 aromatic carbocycles. The first-order valence-electron chi connectivity index (χ1n) is 6.01. The predicted molar refractivity (Wildman–Crippen MR) is 66.5 cm³/mol. The minimum atomic E-state index is -0.598. The molecule has 5 heteroatoms. The van der Waals surface area contributed by atoms with Crippen molar-refractivity contribution in [2.45, 2.75) is 39.2 Å². The Balaban J connectivity index is 2.23. The summed E-state index contributed by atoms with van der Waals surface area (Å²) < 4.78 is 5.24. The lowest BCUT2D eigenvalue weighted by molar-refractivity contribution is 0.0220. The molecule has 18 heavy (non-hydrogen) atoms. The van der Waals surface area contributed by atoms with E-state index in [1.165, 1.54) is 4.90 Å². The molecule has 0 spiro atoms. The molecule has 5 nitrogen and oxygen atoms in total. The Labute approximate surface area is 106 Å². The van der Waals surface area contributed by atoms with Crippen LogP contribution in [0.25, 0.3) is 0 Å². The van der Waals surface area contributed by atoms with Crippen molar-refractivity contribution < 1.29 is 14.3 Å². The molecule has 0 fully saturated rings. The Morgan fingerprint density at radius 3 is 2.78 bits per heavy atom. The molecule has 1 aliphatic heterocycles. The Bertz CT molecular complexity index is 485. The number of carbonyl (C=O) groups excluding carboxylic acids is 2. The van der Waals surface area contributed by atoms with Gasteiger partial charge in [0.05, 0.1) is 5.56 Å². The number of amides is 2. The third-order valence-electron chi connectivity index (χ3n) is 2.82. The van der Waals surface area contributed by atoms with Crippen LogP contribution in [0.15, 0.2) is 12.3 Å². The summed E-state index contributed by atoms with van der Waals surface area (Å²) in [6, 6.07) is 1.70. The summed E-state index contributed by atoms with van der Waals surface area (Å²) in [6.45, 7) is 7.67. The molecule has 1 aromatic heterocycles. The van der Waals surface area contributed by atoms with Crippen molar-refractivity contribution in [3.8, 4) is 0 Å². The topological polar surface area (TPSA) is 62.4 Å². The molecule has 1 N–H and O–H groups in total. The number of imide groups is 1. The second-order valence-electron chi connectivity index (χ2n) is 5.60. The fourth-order valence-electron chi connectivity index (χ4n) is 2.04. The maximum Gasteiger partial charge on any atom is 0.417 e. The number of carbonyl (C=O) groups is 2. The van der Waals surface area contributed by atoms with E-state index >= 15 is 0 Å². The van der Waals surface area contributed by atoms with Crippen LogP contribution in [0.4, 0.5) is 4.79 Å². The van der Waals surface area contributed by atoms with Gasteiger partial charge < -0.3 is 9.72 Å². The van der Waals surface area contributed by atoms with Crippen molar-refractivity contribution in [2.24, 2.45) is 0 Å². The molecule has 0 aliphatic carbocycles. The standard InChI is InChI=1S/C13H18N2O3/c1-8-7-15(12(17)18-13(2,3)4)11(16)9-5-6-14-10(8)9/h5-6,8,14H,7H2,1-4H3. The molecule has 1 aromatic rings. The van der Waals surface area contributed by atoms with E-state index in [0.29, 0.717) is 12.1 Å². The van der Waals surface area contributed by atoms with E-state index in [9.17, 15) is 9.59 Å². The Kier molecular flexibility index (Phi) is 2.92. The van der Waals surface area contributed by atoms with Crippen LogP contribution >= 0.6 is 0 Å². The SMILES string of the molecule is CC1CN(C(=O)OC(C)(C)C)C(=O)c2cc[nH]c21. The molecule has 2 rings (SSSR count). The zero-order valence-electron chi connectivity index (χ0n) is 11.1. The molecule has 0 saturated heterocycles. The first kappa shape index (κ1) is 12.7. The normalized spacial score (nSPS) is 19.7. The molecule has 0 saturated carbocycles. The minimum Gasteiger partial charge on any atom is -0.443 e. The van der Waals surface area contributed by atoms with Crippen LogP contribution in [-0.2, 0) is 4.74 Å². The fourth-order valence-corrected chi connectivity index (χ4v) is 2.04. The number of fused-ring (bicyclic) bond motifs is 1. The van der Waals surface area contributed by atoms with Gasteiger partial charge in [-0.3, -0.25) is 4.79 Å². The highest BCUT2D eigenvalue weighted by Crippen LogP contribution is 2.27. The molecule has 0 bridgehead atoms. The number of H-pyrrole nitrogens is 1. The van der Waals surface area contributed by atoms with Crippen molar-refractivity contribution in [1.29, 1.82) is 0 Å². The van der Waals surface area contributed by atoms with E-state index < -0.39 is 11.7 Å². The van der Waals surface area contributed by atoms with Gasteiger partial charge in [0.2, 0.25) is 0 Å². The van der Waals surface area contributed by atoms with Crippen LogP contribution in [0.1, 0.15) is 49.7 Å². The predicted octanol–water partition coefficient (Wildman–Crippen LogP) is 2.51. The average Bonchev–Trinajstić information content (AvgIpc) is 2.70. The summed E-state index contributed by atoms with van der Waals surface area (Å²) in [5, 5.41) is 0. The largest absolute Gasteiger partial charge is 0.443 e. The summed E-state index contributed by atoms with van der Waals surface area (Å²) in [5.74, 6) is -0.196. The molecule has 1 aliphatic rings. The lowest BCUT2D eigenvalue weighted by Gasteiger charge is -2.31. The van der Waals surface area contributed by atoms with Crippen LogP contribution in [0.5, 0.6) is 0 Å². The van der Waals surface area contributed by atoms with Crippen LogP contribution in [0.2, 0.25) is 0 Å². The van der Waals surface area contributed by atoms with Crippen molar-refractivity contribution >= 4 is 12.0 Å². The number of rotatable bonds is 0. The van der Waals surface area contributed by atoms with E-state index in [1.807, 2.05) is 6.92 Å². The second kappa shape index (κ2) is 4.15. The summed E-state index contributed by atoms with van der Waals surface area (Å²) in [7, 11) is 0. The van der Waals surface area contributed by atoms with Gasteiger partial charge in [-0.2, -0.15) is 0 Å². The average molecular weight is 250 g/mol. The van der Waals surface area contributed by atoms with Crippen molar-refractivity contribution in [3.05, 3.63) is 23.5 Å². The van der Waals surface area contributed by atoms with E-state index in [-0.39, 0.29) is 11.8 Å². The third kappa shape index (κ3) is 2.25. The molecule has 98 valence electrons. The van der Waals surface area contributed by atoms with Crippen LogP contribution < -0.4 is 0 Å². The van der Waals surface area contributed by atoms with E-state index in [2.05, 4.69) is 4.98 Å². The number of nitrogens with one attached hydrogen (secondary N) is 1. The van der Waals surface area contributed by atoms with Crippen LogP contribution in [0, 0.1) is 0 Å². The van der Waals surface area contributed by atoms with Gasteiger partial charge in [-0.15, -0.1) is 0 Å². The van der Waals surface area contributed by atoms with Crippen LogP contribution in [0.3, 0.4) is 0 Å². The molecule has 0 radical (unpaired) electrons. The van der Waals surface area contributed by atoms with Gasteiger partial charge in [0.25, 0.3) is 5.91 Å². The highest BCUT2D eigenvalue weighted by atomic mass is 16.6. The van der Waals surface area contributed by atoms with E-state index in [0.717, 1.165) is 5.69 Å². The molecular formula is C13H18N2O3. The summed E-state index contributed by atoms with van der Waals surface area (Å²) in [4.78, 5) is 28.3. The third-order valence-corrected chi connectivity index (χ3v) is 2.82. The maximum atomic E-state index is 12.2. The first-order valence-corrected chi connectivity index (χ1v) is 6.01. The minimum absolute atomic E-state index is 0.0974. The number of nitrogens with zero attached hydrogens (tertiary/aromatic N) is 1. The van der Waals surface area contributed by atoms with Crippen molar-refractivity contribution in [2.75, 3.05) is 6.54 Å². The summed E-state index contributed by atoms with van der Waals surface area (Å²) >= 11 is 0. The summed E-state index contributed by atoms with van der Waals surface area (Å²) in [6.07, 6.45) is 1.14. The molecule has 2 heterocycles. The summed E-state index contributed by atoms with van der Waals surface area (Å²) in [5.41, 5.74) is 0.846. The first-order chi connectivity index (χ1) is 8.29. The van der Waals surface area contributed by atoms with Crippen molar-refractivity contribution in [1.82, 2.24) is 9.88 Å². The van der Waals surface area contributed by atoms with E-state index in [1.54, 1.807) is 33.0 Å². The molecular weight excluding hydrogens is 232 g/mol. The number of aromatic nitrogens is 1. The Hall–Kier alpha value is -1.78. The molecule has 1 atom stereocenters. The fraction of sp³-hybridized carbons (Fsp3) is 0.538. The zero-order chi connectivity index (χ0) is 13.5. The lowest BCUT2D eigenvalue weighted by Crippen LogP contribution is -2.45. The van der Waals surface area contributed by atoms with Gasteiger partial charge in [0.1, 0.15) is 5.60 Å². The second-order valence-corrected chi connectivity index (χ2v) is 5.60. The number of ether oxygens (including phenoxy) is 1. The monoisotopic (exact) mass is 250 g/mol. The van der Waals surface area contributed by atoms with Crippen molar-refractivity contribution in [3.63, 3.8) is 0 Å². The number of hydrogen-bond acceptors (Lipinski definition) is 3. The van der Waals surface area contributed by atoms with E-state index in [4.69, 9.17) is 4.74 Å². The number of aromatic amines is 1.